The third-order valence-corrected chi connectivity index (χ3v) is 4.43. The third-order valence-electron chi connectivity index (χ3n) is 3.11. The summed E-state index contributed by atoms with van der Waals surface area (Å²) in [6.45, 7) is 1.06. The molecule has 0 amide bonds. The monoisotopic (exact) mass is 356 g/mol. The summed E-state index contributed by atoms with van der Waals surface area (Å²) < 4.78 is 25.0. The van der Waals surface area contributed by atoms with E-state index >= 15 is 0 Å². The van der Waals surface area contributed by atoms with Gasteiger partial charge in [-0.1, -0.05) is 39.7 Å². The summed E-state index contributed by atoms with van der Waals surface area (Å²) in [6.07, 6.45) is 0. The molecule has 0 N–H and O–H groups in total. The van der Waals surface area contributed by atoms with Gasteiger partial charge in [0.2, 0.25) is 0 Å². The van der Waals surface area contributed by atoms with Crippen LogP contribution < -0.4 is 9.47 Å². The van der Waals surface area contributed by atoms with Crippen molar-refractivity contribution >= 4 is 27.5 Å². The van der Waals surface area contributed by atoms with Crippen molar-refractivity contribution in [3.63, 3.8) is 0 Å². The molecule has 1 atom stereocenters. The molecule has 0 saturated heterocycles. The summed E-state index contributed by atoms with van der Waals surface area (Å²) in [5.74, 6) is 1.04. The number of hydrogen-bond acceptors (Lipinski definition) is 2. The number of halogens is 3. The summed E-state index contributed by atoms with van der Waals surface area (Å²) >= 11 is 9.59. The van der Waals surface area contributed by atoms with Crippen molar-refractivity contribution in [2.75, 3.05) is 13.2 Å². The van der Waals surface area contributed by atoms with Gasteiger partial charge in [-0.3, -0.25) is 0 Å². The lowest BCUT2D eigenvalue weighted by Gasteiger charge is -2.20. The first-order valence-corrected chi connectivity index (χ1v) is 7.43. The maximum absolute atomic E-state index is 14.0. The summed E-state index contributed by atoms with van der Waals surface area (Å²) in [6, 6.07) is 10.2. The van der Waals surface area contributed by atoms with Crippen LogP contribution in [0, 0.1) is 5.82 Å². The summed E-state index contributed by atoms with van der Waals surface area (Å²) in [7, 11) is 0. The van der Waals surface area contributed by atoms with Gasteiger partial charge in [0.25, 0.3) is 0 Å². The van der Waals surface area contributed by atoms with Crippen LogP contribution in [0.25, 0.3) is 0 Å². The molecule has 0 fully saturated rings. The number of hydrogen-bond donors (Lipinski definition) is 0. The van der Waals surface area contributed by atoms with E-state index in [1.165, 1.54) is 6.07 Å². The van der Waals surface area contributed by atoms with E-state index in [9.17, 15) is 4.39 Å². The Hall–Kier alpha value is -1.26. The first kappa shape index (κ1) is 13.7. The van der Waals surface area contributed by atoms with Crippen LogP contribution in [0.5, 0.6) is 11.5 Å². The Morgan fingerprint density at radius 1 is 1.10 bits per heavy atom. The van der Waals surface area contributed by atoms with E-state index in [1.54, 1.807) is 12.1 Å². The number of fused-ring (bicyclic) bond motifs is 1. The second kappa shape index (κ2) is 5.62. The van der Waals surface area contributed by atoms with Crippen molar-refractivity contribution in [1.82, 2.24) is 0 Å². The molecular weight excluding hydrogens is 347 g/mol. The van der Waals surface area contributed by atoms with Gasteiger partial charge in [-0.25, -0.2) is 4.39 Å². The van der Waals surface area contributed by atoms with Crippen LogP contribution in [0.2, 0.25) is 5.02 Å². The summed E-state index contributed by atoms with van der Waals surface area (Å²) in [5.41, 5.74) is 1.28. The van der Waals surface area contributed by atoms with Gasteiger partial charge in [0.15, 0.2) is 11.5 Å². The average molecular weight is 358 g/mol. The Labute approximate surface area is 129 Å². The van der Waals surface area contributed by atoms with Crippen LogP contribution in [0.1, 0.15) is 16.0 Å². The van der Waals surface area contributed by atoms with Crippen LogP contribution in [-0.2, 0) is 0 Å². The third kappa shape index (κ3) is 2.50. The molecule has 1 aliphatic heterocycles. The zero-order chi connectivity index (χ0) is 14.1. The number of ether oxygens (including phenoxy) is 2. The van der Waals surface area contributed by atoms with Crippen LogP contribution in [0.15, 0.2) is 36.4 Å². The van der Waals surface area contributed by atoms with Gasteiger partial charge in [0.1, 0.15) is 19.0 Å². The Bertz CT molecular complexity index is 628. The molecule has 1 aliphatic rings. The minimum Gasteiger partial charge on any atom is -0.486 e. The molecule has 0 saturated carbocycles. The molecule has 1 heterocycles. The molecular formula is C15H11BrClFO2. The van der Waals surface area contributed by atoms with E-state index in [2.05, 4.69) is 15.9 Å². The fourth-order valence-electron chi connectivity index (χ4n) is 2.14. The minimum absolute atomic E-state index is 0.339. The molecule has 2 aromatic carbocycles. The Morgan fingerprint density at radius 3 is 2.60 bits per heavy atom. The molecule has 0 bridgehead atoms. The Balaban J connectivity index is 2.00. The molecule has 20 heavy (non-hydrogen) atoms. The van der Waals surface area contributed by atoms with Gasteiger partial charge in [0, 0.05) is 10.6 Å². The zero-order valence-electron chi connectivity index (χ0n) is 10.4. The van der Waals surface area contributed by atoms with Crippen molar-refractivity contribution < 1.29 is 13.9 Å². The highest BCUT2D eigenvalue weighted by atomic mass is 79.9. The van der Waals surface area contributed by atoms with Crippen molar-refractivity contribution in [1.29, 1.82) is 0 Å². The molecule has 5 heteroatoms. The topological polar surface area (TPSA) is 18.5 Å². The molecule has 1 unspecified atom stereocenters. The predicted octanol–water partition coefficient (Wildman–Crippen LogP) is 4.73. The van der Waals surface area contributed by atoms with Crippen LogP contribution in [0.4, 0.5) is 4.39 Å². The van der Waals surface area contributed by atoms with Crippen LogP contribution in [-0.4, -0.2) is 13.2 Å². The Morgan fingerprint density at radius 2 is 1.85 bits per heavy atom. The van der Waals surface area contributed by atoms with Gasteiger partial charge in [-0.2, -0.15) is 0 Å². The normalized spacial score (nSPS) is 14.9. The number of benzene rings is 2. The molecule has 0 spiro atoms. The van der Waals surface area contributed by atoms with Crippen molar-refractivity contribution in [3.8, 4) is 11.5 Å². The first-order chi connectivity index (χ1) is 9.66. The summed E-state index contributed by atoms with van der Waals surface area (Å²) in [4.78, 5) is -0.341. The van der Waals surface area contributed by atoms with E-state index in [0.717, 1.165) is 5.56 Å². The fraction of sp³-hybridized carbons (Fsp3) is 0.200. The van der Waals surface area contributed by atoms with Gasteiger partial charge in [0.05, 0.1) is 4.83 Å². The molecule has 0 aromatic heterocycles. The molecule has 104 valence electrons. The summed E-state index contributed by atoms with van der Waals surface area (Å²) in [5, 5.41) is 0.391. The van der Waals surface area contributed by atoms with E-state index < -0.39 is 0 Å². The second-order valence-corrected chi connectivity index (χ2v) is 5.72. The van der Waals surface area contributed by atoms with E-state index in [4.69, 9.17) is 21.1 Å². The molecule has 0 aliphatic carbocycles. The second-order valence-electron chi connectivity index (χ2n) is 4.40. The van der Waals surface area contributed by atoms with Crippen molar-refractivity contribution in [3.05, 3.63) is 58.4 Å². The lowest BCUT2D eigenvalue weighted by Crippen LogP contribution is -2.15. The molecule has 3 rings (SSSR count). The molecule has 2 aromatic rings. The fourth-order valence-corrected chi connectivity index (χ4v) is 3.29. The van der Waals surface area contributed by atoms with Crippen LogP contribution in [0.3, 0.4) is 0 Å². The van der Waals surface area contributed by atoms with E-state index in [0.29, 0.717) is 35.3 Å². The Kier molecular flexibility index (Phi) is 3.85. The lowest BCUT2D eigenvalue weighted by molar-refractivity contribution is 0.171. The zero-order valence-corrected chi connectivity index (χ0v) is 12.7. The minimum atomic E-state index is -0.341. The predicted molar refractivity (Wildman–Crippen MR) is 79.6 cm³/mol. The van der Waals surface area contributed by atoms with Gasteiger partial charge < -0.3 is 9.47 Å². The highest BCUT2D eigenvalue weighted by Crippen LogP contribution is 2.40. The van der Waals surface area contributed by atoms with Crippen molar-refractivity contribution in [2.45, 2.75) is 4.83 Å². The number of alkyl halides is 1. The molecule has 0 radical (unpaired) electrons. The average Bonchev–Trinajstić information content (AvgIpc) is 2.46. The first-order valence-electron chi connectivity index (χ1n) is 6.14. The highest BCUT2D eigenvalue weighted by Gasteiger charge is 2.20. The number of rotatable bonds is 2. The van der Waals surface area contributed by atoms with Gasteiger partial charge >= 0.3 is 0 Å². The van der Waals surface area contributed by atoms with Gasteiger partial charge in [-0.05, 0) is 29.8 Å². The molecule has 2 nitrogen and oxygen atoms in total. The maximum atomic E-state index is 14.0. The van der Waals surface area contributed by atoms with E-state index in [1.807, 2.05) is 18.2 Å². The lowest BCUT2D eigenvalue weighted by atomic mass is 10.0. The van der Waals surface area contributed by atoms with Gasteiger partial charge in [-0.15, -0.1) is 0 Å². The van der Waals surface area contributed by atoms with Crippen molar-refractivity contribution in [2.24, 2.45) is 0 Å². The van der Waals surface area contributed by atoms with Crippen LogP contribution >= 0.6 is 27.5 Å². The largest absolute Gasteiger partial charge is 0.486 e. The highest BCUT2D eigenvalue weighted by molar-refractivity contribution is 9.09. The van der Waals surface area contributed by atoms with E-state index in [-0.39, 0.29) is 10.6 Å². The quantitative estimate of drug-likeness (QED) is 0.723. The smallest absolute Gasteiger partial charge is 0.161 e. The maximum Gasteiger partial charge on any atom is 0.161 e. The SMILES string of the molecule is Fc1cccc(Cl)c1C(Br)c1ccc2c(c1)OCCO2. The standard InChI is InChI=1S/C15H11BrClFO2/c16-15(14-10(17)2-1-3-11(14)18)9-4-5-12-13(8-9)20-7-6-19-12/h1-5,8,15H,6-7H2.